The molecule has 23 heavy (non-hydrogen) atoms. The van der Waals surface area contributed by atoms with Crippen molar-refractivity contribution in [1.82, 2.24) is 10.8 Å². The van der Waals surface area contributed by atoms with E-state index >= 15 is 0 Å². The fraction of sp³-hybridized carbons (Fsp3) is 0.333. The number of rotatable bonds is 3. The lowest BCUT2D eigenvalue weighted by Gasteiger charge is -2.23. The largest absolute Gasteiger partial charge is 0.289 e. The number of hydrogen-bond donors (Lipinski definition) is 2. The highest BCUT2D eigenvalue weighted by Gasteiger charge is 2.35. The smallest absolute Gasteiger partial charge is 0.254 e. The Bertz CT molecular complexity index is 776. The number of imide groups is 1. The Kier molecular flexibility index (Phi) is 3.31. The normalized spacial score (nSPS) is 22.7. The molecule has 1 aromatic rings. The minimum Gasteiger partial charge on any atom is -0.289 e. The predicted octanol–water partition coefficient (Wildman–Crippen LogP) is 1.96. The van der Waals surface area contributed by atoms with Gasteiger partial charge in [0.1, 0.15) is 0 Å². The van der Waals surface area contributed by atoms with E-state index in [0.717, 1.165) is 24.1 Å². The maximum Gasteiger partial charge on any atom is 0.254 e. The molecule has 1 aromatic carbocycles. The van der Waals surface area contributed by atoms with Crippen LogP contribution in [0.2, 0.25) is 0 Å². The quantitative estimate of drug-likeness (QED) is 0.661. The average Bonchev–Trinajstić information content (AvgIpc) is 3.09. The van der Waals surface area contributed by atoms with Gasteiger partial charge in [0.25, 0.3) is 11.8 Å². The molecule has 118 valence electrons. The van der Waals surface area contributed by atoms with Gasteiger partial charge in [0.2, 0.25) is 0 Å². The van der Waals surface area contributed by atoms with Crippen molar-refractivity contribution >= 4 is 17.5 Å². The highest BCUT2D eigenvalue weighted by atomic mass is 16.6. The van der Waals surface area contributed by atoms with Gasteiger partial charge in [-0.15, -0.1) is 0 Å². The molecule has 1 aliphatic heterocycles. The van der Waals surface area contributed by atoms with Crippen LogP contribution in [0.1, 0.15) is 41.9 Å². The molecule has 0 spiro atoms. The summed E-state index contributed by atoms with van der Waals surface area (Å²) < 4.78 is 0. The van der Waals surface area contributed by atoms with Crippen LogP contribution in [0.15, 0.2) is 35.4 Å². The molecule has 2 N–H and O–H groups in total. The Morgan fingerprint density at radius 1 is 1.22 bits per heavy atom. The van der Waals surface area contributed by atoms with Crippen LogP contribution in [0.4, 0.5) is 0 Å². The van der Waals surface area contributed by atoms with Crippen LogP contribution in [0.3, 0.4) is 0 Å². The summed E-state index contributed by atoms with van der Waals surface area (Å²) in [5.74, 6) is -0.135. The maximum atomic E-state index is 11.9. The highest BCUT2D eigenvalue weighted by Crippen LogP contribution is 2.40. The van der Waals surface area contributed by atoms with Crippen LogP contribution >= 0.6 is 0 Å². The van der Waals surface area contributed by atoms with E-state index < -0.39 is 0 Å². The van der Waals surface area contributed by atoms with Gasteiger partial charge in [0.15, 0.2) is 0 Å². The summed E-state index contributed by atoms with van der Waals surface area (Å²) in [7, 11) is 1.60. The second-order valence-corrected chi connectivity index (χ2v) is 6.22. The third-order valence-corrected chi connectivity index (χ3v) is 4.97. The molecule has 5 nitrogen and oxygen atoms in total. The summed E-state index contributed by atoms with van der Waals surface area (Å²) >= 11 is 0. The molecule has 0 fully saturated rings. The summed E-state index contributed by atoms with van der Waals surface area (Å²) in [6.07, 6.45) is 5.23. The van der Waals surface area contributed by atoms with Crippen LogP contribution in [0.25, 0.3) is 5.70 Å². The number of carbonyl (C=O) groups excluding carboxylic acids is 2. The van der Waals surface area contributed by atoms with Crippen molar-refractivity contribution < 1.29 is 14.4 Å². The van der Waals surface area contributed by atoms with Crippen molar-refractivity contribution in [3.05, 3.63) is 52.1 Å². The summed E-state index contributed by atoms with van der Waals surface area (Å²) in [5, 5.41) is 2.41. The Labute approximate surface area is 134 Å². The number of allylic oxidation sites excluding steroid dienone is 1. The van der Waals surface area contributed by atoms with Crippen molar-refractivity contribution in [3.8, 4) is 0 Å². The van der Waals surface area contributed by atoms with Crippen LogP contribution < -0.4 is 10.8 Å². The van der Waals surface area contributed by atoms with Gasteiger partial charge in [-0.05, 0) is 48.8 Å². The molecule has 2 amide bonds. The SMILES string of the molecule is CONC1=CCc2ccc(C3CCC4=C(C3)C(=O)NC4=O)cc21. The van der Waals surface area contributed by atoms with Crippen molar-refractivity contribution in [2.45, 2.75) is 31.6 Å². The lowest BCUT2D eigenvalue weighted by molar-refractivity contribution is -0.124. The summed E-state index contributed by atoms with van der Waals surface area (Å²) in [4.78, 5) is 28.6. The van der Waals surface area contributed by atoms with E-state index in [1.165, 1.54) is 11.1 Å². The van der Waals surface area contributed by atoms with Gasteiger partial charge in [-0.3, -0.25) is 25.2 Å². The number of benzene rings is 1. The second kappa shape index (κ2) is 5.35. The van der Waals surface area contributed by atoms with Crippen molar-refractivity contribution in [3.63, 3.8) is 0 Å². The van der Waals surface area contributed by atoms with Crippen molar-refractivity contribution in [1.29, 1.82) is 0 Å². The summed E-state index contributed by atoms with van der Waals surface area (Å²) in [6, 6.07) is 6.48. The number of carbonyl (C=O) groups is 2. The van der Waals surface area contributed by atoms with Crippen LogP contribution in [0, 0.1) is 0 Å². The number of hydrogen-bond acceptors (Lipinski definition) is 4. The molecular formula is C18H18N2O3. The molecule has 0 radical (unpaired) electrons. The van der Waals surface area contributed by atoms with E-state index in [-0.39, 0.29) is 17.7 Å². The number of nitrogens with one attached hydrogen (secondary N) is 2. The van der Waals surface area contributed by atoms with Gasteiger partial charge < -0.3 is 0 Å². The van der Waals surface area contributed by atoms with Gasteiger partial charge in [0, 0.05) is 16.7 Å². The zero-order valence-corrected chi connectivity index (χ0v) is 12.9. The minimum atomic E-state index is -0.211. The van der Waals surface area contributed by atoms with Crippen molar-refractivity contribution in [2.75, 3.05) is 7.11 Å². The number of fused-ring (bicyclic) bond motifs is 1. The van der Waals surface area contributed by atoms with Gasteiger partial charge in [-0.25, -0.2) is 0 Å². The molecule has 1 heterocycles. The Hall–Kier alpha value is -2.40. The number of hydroxylamine groups is 1. The first-order chi connectivity index (χ1) is 11.2. The number of amides is 2. The molecule has 0 saturated heterocycles. The molecule has 1 atom stereocenters. The van der Waals surface area contributed by atoms with Crippen LogP contribution in [-0.2, 0) is 20.8 Å². The Balaban J connectivity index is 1.62. The Morgan fingerprint density at radius 3 is 2.87 bits per heavy atom. The van der Waals surface area contributed by atoms with E-state index in [4.69, 9.17) is 4.84 Å². The molecule has 0 aromatic heterocycles. The molecule has 4 rings (SSSR count). The Morgan fingerprint density at radius 2 is 2.04 bits per heavy atom. The monoisotopic (exact) mass is 310 g/mol. The fourth-order valence-electron chi connectivity index (χ4n) is 3.77. The van der Waals surface area contributed by atoms with Gasteiger partial charge in [-0.2, -0.15) is 0 Å². The first-order valence-corrected chi connectivity index (χ1v) is 7.87. The topological polar surface area (TPSA) is 67.4 Å². The van der Waals surface area contributed by atoms with E-state index in [2.05, 4.69) is 35.1 Å². The fourth-order valence-corrected chi connectivity index (χ4v) is 3.77. The van der Waals surface area contributed by atoms with E-state index in [1.54, 1.807) is 7.11 Å². The first-order valence-electron chi connectivity index (χ1n) is 7.87. The van der Waals surface area contributed by atoms with Gasteiger partial charge in [-0.1, -0.05) is 18.2 Å². The lowest BCUT2D eigenvalue weighted by Crippen LogP contribution is -2.22. The van der Waals surface area contributed by atoms with E-state index in [1.807, 2.05) is 0 Å². The van der Waals surface area contributed by atoms with Gasteiger partial charge >= 0.3 is 0 Å². The van der Waals surface area contributed by atoms with Crippen molar-refractivity contribution in [2.24, 2.45) is 0 Å². The zero-order valence-electron chi connectivity index (χ0n) is 12.9. The molecule has 0 saturated carbocycles. The summed E-state index contributed by atoms with van der Waals surface area (Å²) in [6.45, 7) is 0. The molecule has 1 unspecified atom stereocenters. The molecule has 3 aliphatic rings. The predicted molar refractivity (Wildman–Crippen MR) is 85.0 cm³/mol. The lowest BCUT2D eigenvalue weighted by atomic mass is 9.80. The third-order valence-electron chi connectivity index (χ3n) is 4.97. The standard InChI is InChI=1S/C18H18N2O3/c1-23-20-16-7-5-10-2-3-11(8-14(10)16)12-4-6-13-15(9-12)18(22)19-17(13)21/h2-3,7-8,12,20H,4-6,9H2,1H3,(H,19,21,22). The zero-order chi connectivity index (χ0) is 16.0. The highest BCUT2D eigenvalue weighted by molar-refractivity contribution is 6.19. The van der Waals surface area contributed by atoms with Gasteiger partial charge in [0.05, 0.1) is 12.8 Å². The van der Waals surface area contributed by atoms with E-state index in [9.17, 15) is 9.59 Å². The molecular weight excluding hydrogens is 292 g/mol. The maximum absolute atomic E-state index is 11.9. The molecule has 5 heteroatoms. The van der Waals surface area contributed by atoms with E-state index in [0.29, 0.717) is 24.0 Å². The third kappa shape index (κ3) is 2.28. The summed E-state index contributed by atoms with van der Waals surface area (Å²) in [5.41, 5.74) is 8.94. The van der Waals surface area contributed by atoms with Crippen LogP contribution in [-0.4, -0.2) is 18.9 Å². The molecule has 2 aliphatic carbocycles. The van der Waals surface area contributed by atoms with Crippen LogP contribution in [0.5, 0.6) is 0 Å². The second-order valence-electron chi connectivity index (χ2n) is 6.22. The first kappa shape index (κ1) is 14.2. The molecule has 0 bridgehead atoms. The average molecular weight is 310 g/mol. The minimum absolute atomic E-state index is 0.202.